The average molecular weight is 268 g/mol. The third-order valence-electron chi connectivity index (χ3n) is 4.61. The van der Waals surface area contributed by atoms with Gasteiger partial charge in [-0.25, -0.2) is 0 Å². The van der Waals surface area contributed by atoms with Crippen LogP contribution in [0.4, 0.5) is 0 Å². The molecule has 1 heterocycles. The fourth-order valence-electron chi connectivity index (χ4n) is 3.46. The standard InChI is InChI=1S/C15H28N2O2/c1-2-19-14(18)15(16)9-8-13(12-15)17-10-6-4-3-5-7-11-17/h13H,2-12,16H2,1H3. The summed E-state index contributed by atoms with van der Waals surface area (Å²) in [6.45, 7) is 4.60. The van der Waals surface area contributed by atoms with Gasteiger partial charge in [-0.2, -0.15) is 0 Å². The van der Waals surface area contributed by atoms with Gasteiger partial charge in [-0.05, 0) is 52.1 Å². The van der Waals surface area contributed by atoms with Crippen LogP contribution in [0.15, 0.2) is 0 Å². The molecular weight excluding hydrogens is 240 g/mol. The summed E-state index contributed by atoms with van der Waals surface area (Å²) < 4.78 is 5.13. The zero-order chi connectivity index (χ0) is 13.7. The van der Waals surface area contributed by atoms with Crippen LogP contribution in [0.25, 0.3) is 0 Å². The highest BCUT2D eigenvalue weighted by Gasteiger charge is 2.44. The Bertz CT molecular complexity index is 301. The number of rotatable bonds is 3. The lowest BCUT2D eigenvalue weighted by molar-refractivity contribution is -0.149. The normalized spacial score (nSPS) is 33.7. The van der Waals surface area contributed by atoms with Gasteiger partial charge in [0.15, 0.2) is 0 Å². The van der Waals surface area contributed by atoms with Crippen molar-refractivity contribution in [2.75, 3.05) is 19.7 Å². The Hall–Kier alpha value is -0.610. The minimum absolute atomic E-state index is 0.204. The molecule has 4 nitrogen and oxygen atoms in total. The van der Waals surface area contributed by atoms with Crippen molar-refractivity contribution in [3.05, 3.63) is 0 Å². The van der Waals surface area contributed by atoms with E-state index in [0.717, 1.165) is 19.3 Å². The Morgan fingerprint density at radius 3 is 2.53 bits per heavy atom. The van der Waals surface area contributed by atoms with Crippen LogP contribution in [0.3, 0.4) is 0 Å². The predicted octanol–water partition coefficient (Wildman–Crippen LogP) is 2.07. The van der Waals surface area contributed by atoms with E-state index in [-0.39, 0.29) is 5.97 Å². The van der Waals surface area contributed by atoms with Crippen molar-refractivity contribution in [2.45, 2.75) is 69.9 Å². The Morgan fingerprint density at radius 2 is 1.89 bits per heavy atom. The molecule has 0 aromatic heterocycles. The molecular formula is C15H28N2O2. The third kappa shape index (κ3) is 3.69. The summed E-state index contributed by atoms with van der Waals surface area (Å²) in [5, 5.41) is 0. The molecule has 2 N–H and O–H groups in total. The van der Waals surface area contributed by atoms with E-state index in [4.69, 9.17) is 10.5 Å². The zero-order valence-electron chi connectivity index (χ0n) is 12.2. The second kappa shape index (κ2) is 6.71. The molecule has 19 heavy (non-hydrogen) atoms. The average Bonchev–Trinajstić information content (AvgIpc) is 2.73. The van der Waals surface area contributed by atoms with Crippen LogP contribution < -0.4 is 5.73 Å². The molecule has 0 spiro atoms. The molecule has 110 valence electrons. The molecule has 0 bridgehead atoms. The van der Waals surface area contributed by atoms with Crippen molar-refractivity contribution in [1.82, 2.24) is 4.90 Å². The fourth-order valence-corrected chi connectivity index (χ4v) is 3.46. The van der Waals surface area contributed by atoms with Crippen LogP contribution >= 0.6 is 0 Å². The Kier molecular flexibility index (Phi) is 5.22. The summed E-state index contributed by atoms with van der Waals surface area (Å²) >= 11 is 0. The van der Waals surface area contributed by atoms with Gasteiger partial charge in [0.1, 0.15) is 5.54 Å². The molecule has 2 unspecified atom stereocenters. The van der Waals surface area contributed by atoms with Gasteiger partial charge in [-0.15, -0.1) is 0 Å². The number of nitrogens with zero attached hydrogens (tertiary/aromatic N) is 1. The fraction of sp³-hybridized carbons (Fsp3) is 0.933. The van der Waals surface area contributed by atoms with E-state index in [0.29, 0.717) is 12.6 Å². The first-order valence-corrected chi connectivity index (χ1v) is 7.86. The summed E-state index contributed by atoms with van der Waals surface area (Å²) in [4.78, 5) is 14.5. The highest BCUT2D eigenvalue weighted by Crippen LogP contribution is 2.33. The molecule has 1 saturated carbocycles. The van der Waals surface area contributed by atoms with Gasteiger partial charge in [0.2, 0.25) is 0 Å². The highest BCUT2D eigenvalue weighted by atomic mass is 16.5. The predicted molar refractivity (Wildman–Crippen MR) is 75.8 cm³/mol. The molecule has 2 aliphatic rings. The summed E-state index contributed by atoms with van der Waals surface area (Å²) in [5.41, 5.74) is 5.52. The maximum atomic E-state index is 12.0. The molecule has 0 amide bonds. The summed E-state index contributed by atoms with van der Waals surface area (Å²) in [6, 6.07) is 0.479. The van der Waals surface area contributed by atoms with Gasteiger partial charge in [0.25, 0.3) is 0 Å². The van der Waals surface area contributed by atoms with Crippen molar-refractivity contribution in [2.24, 2.45) is 5.73 Å². The van der Waals surface area contributed by atoms with E-state index in [1.807, 2.05) is 6.92 Å². The minimum atomic E-state index is -0.733. The molecule has 4 heteroatoms. The lowest BCUT2D eigenvalue weighted by atomic mass is 9.98. The molecule has 0 radical (unpaired) electrons. The number of hydrogen-bond donors (Lipinski definition) is 1. The van der Waals surface area contributed by atoms with Crippen LogP contribution in [0, 0.1) is 0 Å². The number of esters is 1. The number of carbonyl (C=O) groups is 1. The first-order chi connectivity index (χ1) is 9.15. The van der Waals surface area contributed by atoms with Crippen molar-refractivity contribution < 1.29 is 9.53 Å². The van der Waals surface area contributed by atoms with Gasteiger partial charge < -0.3 is 15.4 Å². The lowest BCUT2D eigenvalue weighted by Gasteiger charge is -2.31. The van der Waals surface area contributed by atoms with E-state index in [1.54, 1.807) is 0 Å². The number of hydrogen-bond acceptors (Lipinski definition) is 4. The molecule has 1 saturated heterocycles. The first kappa shape index (κ1) is 14.8. The molecule has 2 rings (SSSR count). The Labute approximate surface area is 116 Å². The maximum Gasteiger partial charge on any atom is 0.326 e. The maximum absolute atomic E-state index is 12.0. The van der Waals surface area contributed by atoms with Crippen molar-refractivity contribution in [3.8, 4) is 0 Å². The Morgan fingerprint density at radius 1 is 1.26 bits per heavy atom. The van der Waals surface area contributed by atoms with Crippen molar-refractivity contribution in [3.63, 3.8) is 0 Å². The topological polar surface area (TPSA) is 55.6 Å². The van der Waals surface area contributed by atoms with E-state index in [2.05, 4.69) is 4.90 Å². The summed E-state index contributed by atoms with van der Waals surface area (Å²) in [6.07, 6.45) is 9.21. The van der Waals surface area contributed by atoms with E-state index in [9.17, 15) is 4.79 Å². The van der Waals surface area contributed by atoms with Crippen LogP contribution in [-0.2, 0) is 9.53 Å². The van der Waals surface area contributed by atoms with Crippen LogP contribution in [0.1, 0.15) is 58.3 Å². The van der Waals surface area contributed by atoms with Crippen LogP contribution in [0.5, 0.6) is 0 Å². The number of likely N-dealkylation sites (tertiary alicyclic amines) is 1. The largest absolute Gasteiger partial charge is 0.465 e. The molecule has 0 aromatic carbocycles. The first-order valence-electron chi connectivity index (χ1n) is 7.86. The summed E-state index contributed by atoms with van der Waals surface area (Å²) in [5.74, 6) is -0.204. The van der Waals surface area contributed by atoms with Gasteiger partial charge >= 0.3 is 5.97 Å². The molecule has 1 aliphatic carbocycles. The van der Waals surface area contributed by atoms with E-state index >= 15 is 0 Å². The quantitative estimate of drug-likeness (QED) is 0.796. The van der Waals surface area contributed by atoms with Gasteiger partial charge in [-0.1, -0.05) is 19.3 Å². The lowest BCUT2D eigenvalue weighted by Crippen LogP contribution is -2.48. The summed E-state index contributed by atoms with van der Waals surface area (Å²) in [7, 11) is 0. The molecule has 2 atom stereocenters. The smallest absolute Gasteiger partial charge is 0.326 e. The number of ether oxygens (including phenoxy) is 1. The van der Waals surface area contributed by atoms with E-state index < -0.39 is 5.54 Å². The van der Waals surface area contributed by atoms with Gasteiger partial charge in [0.05, 0.1) is 6.61 Å². The van der Waals surface area contributed by atoms with Crippen LogP contribution in [0.2, 0.25) is 0 Å². The highest BCUT2D eigenvalue weighted by molar-refractivity contribution is 5.81. The molecule has 2 fully saturated rings. The number of nitrogens with two attached hydrogens (primary N) is 1. The zero-order valence-corrected chi connectivity index (χ0v) is 12.2. The van der Waals surface area contributed by atoms with E-state index in [1.165, 1.54) is 45.2 Å². The van der Waals surface area contributed by atoms with Crippen LogP contribution in [-0.4, -0.2) is 42.1 Å². The third-order valence-corrected chi connectivity index (χ3v) is 4.61. The minimum Gasteiger partial charge on any atom is -0.465 e. The van der Waals surface area contributed by atoms with Crippen molar-refractivity contribution >= 4 is 5.97 Å². The second-order valence-electron chi connectivity index (χ2n) is 6.08. The molecule has 1 aliphatic heterocycles. The number of carbonyl (C=O) groups excluding carboxylic acids is 1. The van der Waals surface area contributed by atoms with Crippen molar-refractivity contribution in [1.29, 1.82) is 0 Å². The SMILES string of the molecule is CCOC(=O)C1(N)CCC(N2CCCCCCC2)C1. The van der Waals surface area contributed by atoms with Gasteiger partial charge in [-0.3, -0.25) is 4.79 Å². The Balaban J connectivity index is 1.90. The second-order valence-corrected chi connectivity index (χ2v) is 6.08. The monoisotopic (exact) mass is 268 g/mol. The van der Waals surface area contributed by atoms with Gasteiger partial charge in [0, 0.05) is 6.04 Å². The molecule has 0 aromatic rings.